The lowest BCUT2D eigenvalue weighted by Crippen LogP contribution is -2.45. The Morgan fingerprint density at radius 3 is 2.43 bits per heavy atom. The average molecular weight is 366 g/mol. The maximum atomic E-state index is 12.8. The van der Waals surface area contributed by atoms with Gasteiger partial charge in [-0.1, -0.05) is 15.9 Å². The highest BCUT2D eigenvalue weighted by molar-refractivity contribution is 9.10. The molecule has 0 unspecified atom stereocenters. The van der Waals surface area contributed by atoms with Crippen LogP contribution in [0.4, 0.5) is 13.2 Å². The molecule has 1 N–H and O–H groups in total. The molecule has 3 nitrogen and oxygen atoms in total. The molecule has 1 aromatic carbocycles. The largest absolute Gasteiger partial charge is 0.417 e. The third-order valence-electron chi connectivity index (χ3n) is 3.65. The minimum atomic E-state index is -4.51. The highest BCUT2D eigenvalue weighted by Gasteiger charge is 2.35. The van der Waals surface area contributed by atoms with E-state index >= 15 is 0 Å². The zero-order valence-corrected chi connectivity index (χ0v) is 13.0. The summed E-state index contributed by atoms with van der Waals surface area (Å²) in [5, 5.41) is 9.84. The Bertz CT molecular complexity index is 548. The van der Waals surface area contributed by atoms with Crippen LogP contribution in [0.5, 0.6) is 0 Å². The standard InChI is InChI=1S/C14H15BrF3NO2/c1-13(21)4-6-19(7-5-13)12(20)9-2-3-11(15)10(8-9)14(16,17)18/h2-3,8,21H,4-7H2,1H3. The SMILES string of the molecule is CC1(O)CCN(C(=O)c2ccc(Br)c(C(F)(F)F)c2)CC1. The Hall–Kier alpha value is -1.08. The summed E-state index contributed by atoms with van der Waals surface area (Å²) in [5.74, 6) is -0.441. The maximum absolute atomic E-state index is 12.8. The third-order valence-corrected chi connectivity index (χ3v) is 4.34. The first-order valence-electron chi connectivity index (χ1n) is 6.48. The van der Waals surface area contributed by atoms with Gasteiger partial charge in [0.1, 0.15) is 0 Å². The van der Waals surface area contributed by atoms with Crippen LogP contribution in [-0.4, -0.2) is 34.6 Å². The number of halogens is 4. The maximum Gasteiger partial charge on any atom is 0.417 e. The highest BCUT2D eigenvalue weighted by Crippen LogP contribution is 2.35. The van der Waals surface area contributed by atoms with Gasteiger partial charge in [0.05, 0.1) is 11.2 Å². The van der Waals surface area contributed by atoms with Crippen molar-refractivity contribution < 1.29 is 23.1 Å². The van der Waals surface area contributed by atoms with E-state index in [-0.39, 0.29) is 10.0 Å². The van der Waals surface area contributed by atoms with Crippen molar-refractivity contribution in [3.8, 4) is 0 Å². The molecule has 0 saturated carbocycles. The topological polar surface area (TPSA) is 40.5 Å². The van der Waals surface area contributed by atoms with Gasteiger partial charge in [-0.2, -0.15) is 13.2 Å². The number of hydrogen-bond acceptors (Lipinski definition) is 2. The molecule has 0 radical (unpaired) electrons. The van der Waals surface area contributed by atoms with Crippen molar-refractivity contribution in [1.82, 2.24) is 4.90 Å². The molecule has 2 rings (SSSR count). The average Bonchev–Trinajstić information content (AvgIpc) is 2.37. The fraction of sp³-hybridized carbons (Fsp3) is 0.500. The van der Waals surface area contributed by atoms with E-state index in [1.54, 1.807) is 6.92 Å². The van der Waals surface area contributed by atoms with Gasteiger partial charge in [0.15, 0.2) is 0 Å². The van der Waals surface area contributed by atoms with Gasteiger partial charge in [-0.3, -0.25) is 4.79 Å². The van der Waals surface area contributed by atoms with Crippen LogP contribution >= 0.6 is 15.9 Å². The smallest absolute Gasteiger partial charge is 0.390 e. The summed E-state index contributed by atoms with van der Waals surface area (Å²) in [6.07, 6.45) is -3.68. The second-order valence-electron chi connectivity index (χ2n) is 5.48. The van der Waals surface area contributed by atoms with E-state index in [1.165, 1.54) is 17.0 Å². The molecule has 0 atom stereocenters. The molecule has 116 valence electrons. The number of alkyl halides is 3. The molecular formula is C14H15BrF3NO2. The fourth-order valence-corrected chi connectivity index (χ4v) is 2.72. The van der Waals surface area contributed by atoms with E-state index in [1.807, 2.05) is 0 Å². The third kappa shape index (κ3) is 3.77. The molecule has 1 amide bonds. The van der Waals surface area contributed by atoms with Crippen molar-refractivity contribution in [3.05, 3.63) is 33.8 Å². The first-order chi connectivity index (χ1) is 9.60. The predicted molar refractivity (Wildman–Crippen MR) is 74.9 cm³/mol. The van der Waals surface area contributed by atoms with E-state index in [4.69, 9.17) is 0 Å². The molecule has 1 fully saturated rings. The Balaban J connectivity index is 2.21. The predicted octanol–water partition coefficient (Wildman–Crippen LogP) is 3.45. The Labute approximate surface area is 128 Å². The van der Waals surface area contributed by atoms with Crippen LogP contribution in [0.2, 0.25) is 0 Å². The van der Waals surface area contributed by atoms with Crippen LogP contribution in [0.1, 0.15) is 35.7 Å². The van der Waals surface area contributed by atoms with Gasteiger partial charge in [0, 0.05) is 23.1 Å². The molecule has 1 saturated heterocycles. The molecular weight excluding hydrogens is 351 g/mol. The summed E-state index contributed by atoms with van der Waals surface area (Å²) >= 11 is 2.85. The van der Waals surface area contributed by atoms with Crippen LogP contribution in [0.15, 0.2) is 22.7 Å². The quantitative estimate of drug-likeness (QED) is 0.827. The molecule has 0 bridgehead atoms. The summed E-state index contributed by atoms with van der Waals surface area (Å²) in [4.78, 5) is 13.7. The van der Waals surface area contributed by atoms with Gasteiger partial charge < -0.3 is 10.0 Å². The van der Waals surface area contributed by atoms with Gasteiger partial charge in [0.2, 0.25) is 0 Å². The van der Waals surface area contributed by atoms with Crippen molar-refractivity contribution in [3.63, 3.8) is 0 Å². The number of aliphatic hydroxyl groups is 1. The van der Waals surface area contributed by atoms with Gasteiger partial charge in [-0.05, 0) is 38.0 Å². The van der Waals surface area contributed by atoms with E-state index in [9.17, 15) is 23.1 Å². The van der Waals surface area contributed by atoms with Crippen LogP contribution in [0, 0.1) is 0 Å². The fourth-order valence-electron chi connectivity index (χ4n) is 2.25. The summed E-state index contributed by atoms with van der Waals surface area (Å²) in [6.45, 7) is 2.36. The number of carbonyl (C=O) groups is 1. The summed E-state index contributed by atoms with van der Waals surface area (Å²) < 4.78 is 38.5. The number of carbonyl (C=O) groups excluding carboxylic acids is 1. The van der Waals surface area contributed by atoms with Gasteiger partial charge >= 0.3 is 6.18 Å². The van der Waals surface area contributed by atoms with Crippen LogP contribution < -0.4 is 0 Å². The zero-order chi connectivity index (χ0) is 15.8. The number of amides is 1. The first-order valence-corrected chi connectivity index (χ1v) is 7.28. The lowest BCUT2D eigenvalue weighted by atomic mass is 9.93. The van der Waals surface area contributed by atoms with Gasteiger partial charge in [-0.25, -0.2) is 0 Å². The molecule has 1 aliphatic heterocycles. The molecule has 1 aromatic rings. The van der Waals surface area contributed by atoms with E-state index in [0.29, 0.717) is 25.9 Å². The lowest BCUT2D eigenvalue weighted by Gasteiger charge is -2.35. The van der Waals surface area contributed by atoms with Gasteiger partial charge in [0.25, 0.3) is 5.91 Å². The number of nitrogens with zero attached hydrogens (tertiary/aromatic N) is 1. The van der Waals surface area contributed by atoms with Crippen molar-refractivity contribution in [2.24, 2.45) is 0 Å². The normalized spacial score (nSPS) is 18.7. The molecule has 0 aliphatic carbocycles. The second-order valence-corrected chi connectivity index (χ2v) is 6.34. The van der Waals surface area contributed by atoms with Gasteiger partial charge in [-0.15, -0.1) is 0 Å². The minimum absolute atomic E-state index is 0.00654. The number of benzene rings is 1. The monoisotopic (exact) mass is 365 g/mol. The molecule has 7 heteroatoms. The summed E-state index contributed by atoms with van der Waals surface area (Å²) in [7, 11) is 0. The number of rotatable bonds is 1. The number of likely N-dealkylation sites (tertiary alicyclic amines) is 1. The summed E-state index contributed by atoms with van der Waals surface area (Å²) in [6, 6.07) is 3.46. The number of hydrogen-bond donors (Lipinski definition) is 1. The van der Waals surface area contributed by atoms with Crippen molar-refractivity contribution in [1.29, 1.82) is 0 Å². The highest BCUT2D eigenvalue weighted by atomic mass is 79.9. The molecule has 1 heterocycles. The van der Waals surface area contributed by atoms with Crippen LogP contribution in [-0.2, 0) is 6.18 Å². The Morgan fingerprint density at radius 1 is 1.33 bits per heavy atom. The molecule has 0 spiro atoms. The molecule has 0 aromatic heterocycles. The van der Waals surface area contributed by atoms with Crippen LogP contribution in [0.3, 0.4) is 0 Å². The van der Waals surface area contributed by atoms with E-state index in [0.717, 1.165) is 6.07 Å². The summed E-state index contributed by atoms with van der Waals surface area (Å²) in [5.41, 5.74) is -1.67. The van der Waals surface area contributed by atoms with Crippen molar-refractivity contribution in [2.45, 2.75) is 31.5 Å². The second kappa shape index (κ2) is 5.61. The lowest BCUT2D eigenvalue weighted by molar-refractivity contribution is -0.138. The Kier molecular flexibility index (Phi) is 4.35. The molecule has 1 aliphatic rings. The molecule has 21 heavy (non-hydrogen) atoms. The van der Waals surface area contributed by atoms with E-state index < -0.39 is 23.2 Å². The first kappa shape index (κ1) is 16.3. The van der Waals surface area contributed by atoms with E-state index in [2.05, 4.69) is 15.9 Å². The zero-order valence-electron chi connectivity index (χ0n) is 11.4. The van der Waals surface area contributed by atoms with Crippen LogP contribution in [0.25, 0.3) is 0 Å². The minimum Gasteiger partial charge on any atom is -0.390 e. The number of piperidine rings is 1. The Morgan fingerprint density at radius 2 is 1.90 bits per heavy atom. The van der Waals surface area contributed by atoms with Crippen molar-refractivity contribution >= 4 is 21.8 Å². The van der Waals surface area contributed by atoms with Crippen molar-refractivity contribution in [2.75, 3.05) is 13.1 Å².